The number of ether oxygens (including phenoxy) is 1. The predicted octanol–water partition coefficient (Wildman–Crippen LogP) is 7.34. The van der Waals surface area contributed by atoms with Gasteiger partial charge in [-0.15, -0.1) is 5.11 Å². The lowest BCUT2D eigenvalue weighted by Crippen LogP contribution is -2.13. The second kappa shape index (κ2) is 11.0. The van der Waals surface area contributed by atoms with Crippen LogP contribution in [0, 0.1) is 0 Å². The predicted molar refractivity (Wildman–Crippen MR) is 146 cm³/mol. The van der Waals surface area contributed by atoms with Gasteiger partial charge in [-0.25, -0.2) is 0 Å². The number of hydrogen-bond donors (Lipinski definition) is 3. The number of hydrogen-bond acceptors (Lipinski definition) is 7. The zero-order valence-electron chi connectivity index (χ0n) is 20.1. The second-order valence-electron chi connectivity index (χ2n) is 8.09. The summed E-state index contributed by atoms with van der Waals surface area (Å²) in [4.78, 5) is 12.8. The molecular formula is C26H21Cl2N3O6S. The van der Waals surface area contributed by atoms with E-state index in [1.165, 1.54) is 31.4 Å². The van der Waals surface area contributed by atoms with Gasteiger partial charge in [0.15, 0.2) is 5.75 Å². The minimum Gasteiger partial charge on any atom is -0.505 e. The number of rotatable bonds is 7. The van der Waals surface area contributed by atoms with E-state index in [4.69, 9.17) is 27.9 Å². The van der Waals surface area contributed by atoms with Gasteiger partial charge in [0, 0.05) is 10.4 Å². The van der Waals surface area contributed by atoms with Crippen LogP contribution in [0.1, 0.15) is 22.8 Å². The summed E-state index contributed by atoms with van der Waals surface area (Å²) in [6.45, 7) is 1.69. The van der Waals surface area contributed by atoms with Crippen LogP contribution in [0.2, 0.25) is 10.0 Å². The SMILES string of the molecule is CCc1cc(N=Nc2c(O)c(C(=O)Nc3cc(Cl)ccc3OC)cc3ccccc23)cc(Cl)c1S(=O)(=O)O. The molecule has 0 saturated carbocycles. The highest BCUT2D eigenvalue weighted by atomic mass is 35.5. The van der Waals surface area contributed by atoms with Crippen LogP contribution in [0.15, 0.2) is 75.8 Å². The summed E-state index contributed by atoms with van der Waals surface area (Å²) < 4.78 is 38.3. The normalized spacial score (nSPS) is 11.7. The quantitative estimate of drug-likeness (QED) is 0.156. The van der Waals surface area contributed by atoms with E-state index < -0.39 is 26.7 Å². The van der Waals surface area contributed by atoms with E-state index in [0.29, 0.717) is 27.2 Å². The highest BCUT2D eigenvalue weighted by Gasteiger charge is 2.22. The summed E-state index contributed by atoms with van der Waals surface area (Å²) in [5.74, 6) is -0.693. The molecule has 0 radical (unpaired) electrons. The molecule has 0 atom stereocenters. The first-order valence-electron chi connectivity index (χ1n) is 11.1. The van der Waals surface area contributed by atoms with Gasteiger partial charge in [-0.2, -0.15) is 13.5 Å². The molecule has 0 heterocycles. The van der Waals surface area contributed by atoms with Crippen LogP contribution in [0.3, 0.4) is 0 Å². The second-order valence-corrected chi connectivity index (χ2v) is 10.3. The number of aromatic hydroxyl groups is 1. The van der Waals surface area contributed by atoms with Gasteiger partial charge in [0.1, 0.15) is 16.3 Å². The number of carbonyl (C=O) groups is 1. The van der Waals surface area contributed by atoms with E-state index >= 15 is 0 Å². The summed E-state index contributed by atoms with van der Waals surface area (Å²) in [7, 11) is -3.10. The fourth-order valence-corrected chi connectivity index (χ4v) is 5.45. The van der Waals surface area contributed by atoms with E-state index in [1.807, 2.05) is 0 Å². The first kappa shape index (κ1) is 27.3. The summed E-state index contributed by atoms with van der Waals surface area (Å²) in [5, 5.41) is 23.4. The minimum absolute atomic E-state index is 0.0133. The third-order valence-corrected chi connectivity index (χ3v) is 7.30. The van der Waals surface area contributed by atoms with Crippen molar-refractivity contribution >= 4 is 67.1 Å². The number of aryl methyl sites for hydroxylation is 1. The third-order valence-electron chi connectivity index (χ3n) is 5.66. The maximum absolute atomic E-state index is 13.2. The number of azo groups is 1. The zero-order chi connectivity index (χ0) is 27.6. The minimum atomic E-state index is -4.55. The van der Waals surface area contributed by atoms with Crippen molar-refractivity contribution in [3.05, 3.63) is 81.8 Å². The Bertz CT molecular complexity index is 1710. The monoisotopic (exact) mass is 573 g/mol. The number of benzene rings is 4. The number of nitrogens with one attached hydrogen (secondary N) is 1. The van der Waals surface area contributed by atoms with Crippen LogP contribution in [-0.4, -0.2) is 31.1 Å². The molecular weight excluding hydrogens is 553 g/mol. The molecule has 0 aliphatic heterocycles. The first-order valence-corrected chi connectivity index (χ1v) is 13.3. The van der Waals surface area contributed by atoms with Gasteiger partial charge >= 0.3 is 0 Å². The van der Waals surface area contributed by atoms with Crippen LogP contribution >= 0.6 is 23.2 Å². The number of halogens is 2. The van der Waals surface area contributed by atoms with E-state index in [1.54, 1.807) is 43.3 Å². The van der Waals surface area contributed by atoms with Gasteiger partial charge in [-0.05, 0) is 53.8 Å². The smallest absolute Gasteiger partial charge is 0.296 e. The highest BCUT2D eigenvalue weighted by Crippen LogP contribution is 2.41. The van der Waals surface area contributed by atoms with Crippen LogP contribution in [0.25, 0.3) is 10.8 Å². The van der Waals surface area contributed by atoms with Crippen LogP contribution in [-0.2, 0) is 16.5 Å². The van der Waals surface area contributed by atoms with Gasteiger partial charge in [0.25, 0.3) is 16.0 Å². The largest absolute Gasteiger partial charge is 0.505 e. The summed E-state index contributed by atoms with van der Waals surface area (Å²) in [6.07, 6.45) is 0.245. The van der Waals surface area contributed by atoms with E-state index in [-0.39, 0.29) is 33.9 Å². The molecule has 0 aliphatic rings. The van der Waals surface area contributed by atoms with E-state index in [2.05, 4.69) is 15.5 Å². The molecule has 3 N–H and O–H groups in total. The molecule has 1 amide bonds. The summed E-state index contributed by atoms with van der Waals surface area (Å²) in [5.41, 5.74) is 0.669. The number of fused-ring (bicyclic) bond motifs is 1. The maximum Gasteiger partial charge on any atom is 0.296 e. The molecule has 0 spiro atoms. The highest BCUT2D eigenvalue weighted by molar-refractivity contribution is 7.86. The Kier molecular flexibility index (Phi) is 7.89. The van der Waals surface area contributed by atoms with Crippen molar-refractivity contribution in [1.29, 1.82) is 0 Å². The average molecular weight is 574 g/mol. The van der Waals surface area contributed by atoms with Crippen molar-refractivity contribution in [1.82, 2.24) is 0 Å². The number of methoxy groups -OCH3 is 1. The Balaban J connectivity index is 1.80. The molecule has 0 saturated heterocycles. The van der Waals surface area contributed by atoms with Crippen LogP contribution in [0.4, 0.5) is 17.1 Å². The Morgan fingerprint density at radius 3 is 2.47 bits per heavy atom. The van der Waals surface area contributed by atoms with Crippen molar-refractivity contribution in [3.63, 3.8) is 0 Å². The van der Waals surface area contributed by atoms with Crippen molar-refractivity contribution < 1.29 is 27.6 Å². The molecule has 0 aromatic heterocycles. The molecule has 0 unspecified atom stereocenters. The average Bonchev–Trinajstić information content (AvgIpc) is 2.86. The molecule has 0 bridgehead atoms. The van der Waals surface area contributed by atoms with E-state index in [9.17, 15) is 22.9 Å². The Morgan fingerprint density at radius 1 is 1.05 bits per heavy atom. The fraction of sp³-hybridized carbons (Fsp3) is 0.115. The fourth-order valence-electron chi connectivity index (χ4n) is 3.91. The molecule has 0 aliphatic carbocycles. The Morgan fingerprint density at radius 2 is 1.79 bits per heavy atom. The van der Waals surface area contributed by atoms with Crippen molar-refractivity contribution in [2.75, 3.05) is 12.4 Å². The van der Waals surface area contributed by atoms with Crippen molar-refractivity contribution in [3.8, 4) is 11.5 Å². The van der Waals surface area contributed by atoms with Crippen molar-refractivity contribution in [2.45, 2.75) is 18.2 Å². The molecule has 4 rings (SSSR count). The number of amides is 1. The summed E-state index contributed by atoms with van der Waals surface area (Å²) >= 11 is 12.2. The molecule has 38 heavy (non-hydrogen) atoms. The lowest BCUT2D eigenvalue weighted by molar-refractivity contribution is 0.102. The molecule has 9 nitrogen and oxygen atoms in total. The number of phenolic OH excluding ortho intramolecular Hbond substituents is 1. The lowest BCUT2D eigenvalue weighted by Gasteiger charge is -2.13. The number of phenols is 1. The van der Waals surface area contributed by atoms with Gasteiger partial charge < -0.3 is 15.2 Å². The van der Waals surface area contributed by atoms with Gasteiger partial charge in [-0.1, -0.05) is 54.4 Å². The lowest BCUT2D eigenvalue weighted by atomic mass is 10.0. The molecule has 12 heteroatoms. The third kappa shape index (κ3) is 5.58. The standard InChI is InChI=1S/C26H21Cl2N3O6S/c1-3-14-10-17(13-20(28)25(14)38(34,35)36)30-31-23-18-7-5-4-6-15(18)11-19(24(23)32)26(33)29-21-12-16(27)8-9-22(21)37-2/h4-13,32H,3H2,1-2H3,(H,29,33)(H,34,35,36). The van der Waals surface area contributed by atoms with Crippen LogP contribution < -0.4 is 10.1 Å². The Hall–Kier alpha value is -3.70. The van der Waals surface area contributed by atoms with Gasteiger partial charge in [0.2, 0.25) is 0 Å². The van der Waals surface area contributed by atoms with Gasteiger partial charge in [0.05, 0.1) is 29.1 Å². The summed E-state index contributed by atoms with van der Waals surface area (Å²) in [6, 6.07) is 15.9. The molecule has 4 aromatic carbocycles. The van der Waals surface area contributed by atoms with Gasteiger partial charge in [-0.3, -0.25) is 9.35 Å². The molecule has 4 aromatic rings. The topological polar surface area (TPSA) is 138 Å². The van der Waals surface area contributed by atoms with E-state index in [0.717, 1.165) is 0 Å². The van der Waals surface area contributed by atoms with Crippen LogP contribution in [0.5, 0.6) is 11.5 Å². The number of anilines is 1. The molecule has 196 valence electrons. The maximum atomic E-state index is 13.2. The zero-order valence-corrected chi connectivity index (χ0v) is 22.4. The molecule has 0 fully saturated rings. The Labute approximate surface area is 228 Å². The number of nitrogens with zero attached hydrogens (tertiary/aromatic N) is 2. The number of carbonyl (C=O) groups excluding carboxylic acids is 1. The first-order chi connectivity index (χ1) is 18.0. The van der Waals surface area contributed by atoms with Crippen molar-refractivity contribution in [2.24, 2.45) is 10.2 Å².